The van der Waals surface area contributed by atoms with E-state index in [1.807, 2.05) is 12.1 Å². The summed E-state index contributed by atoms with van der Waals surface area (Å²) in [6.45, 7) is 4.71. The number of amides is 1. The Morgan fingerprint density at radius 3 is 2.91 bits per heavy atom. The van der Waals surface area contributed by atoms with Crippen molar-refractivity contribution in [2.24, 2.45) is 0 Å². The summed E-state index contributed by atoms with van der Waals surface area (Å²) in [5.41, 5.74) is 1.46. The average molecular weight is 313 g/mol. The fourth-order valence-corrected chi connectivity index (χ4v) is 2.39. The molecule has 1 N–H and O–H groups in total. The summed E-state index contributed by atoms with van der Waals surface area (Å²) in [5, 5.41) is 3.21. The summed E-state index contributed by atoms with van der Waals surface area (Å²) in [6.07, 6.45) is 3.53. The minimum atomic E-state index is -0.0803. The molecule has 0 unspecified atom stereocenters. The number of hydrogen-bond acceptors (Lipinski definition) is 6. The van der Waals surface area contributed by atoms with Crippen LogP contribution in [0.1, 0.15) is 21.9 Å². The minimum absolute atomic E-state index is 0.0803. The number of aromatic nitrogens is 3. The molecule has 1 saturated heterocycles. The second-order valence-electron chi connectivity index (χ2n) is 5.31. The summed E-state index contributed by atoms with van der Waals surface area (Å²) in [7, 11) is 0. The second kappa shape index (κ2) is 7.15. The second-order valence-corrected chi connectivity index (χ2v) is 5.31. The highest BCUT2D eigenvalue weighted by molar-refractivity contribution is 5.93. The Hall–Kier alpha value is -2.54. The minimum Gasteiger partial charge on any atom is -0.378 e. The quantitative estimate of drug-likeness (QED) is 0.915. The van der Waals surface area contributed by atoms with E-state index in [-0.39, 0.29) is 5.91 Å². The van der Waals surface area contributed by atoms with Gasteiger partial charge >= 0.3 is 0 Å². The number of rotatable bonds is 4. The summed E-state index contributed by atoms with van der Waals surface area (Å²) >= 11 is 0. The lowest BCUT2D eigenvalue weighted by Gasteiger charge is -2.26. The van der Waals surface area contributed by atoms with Gasteiger partial charge in [0.25, 0.3) is 5.91 Å². The van der Waals surface area contributed by atoms with Crippen molar-refractivity contribution in [1.82, 2.24) is 19.9 Å². The van der Waals surface area contributed by atoms with Crippen LogP contribution in [0.3, 0.4) is 0 Å². The van der Waals surface area contributed by atoms with Gasteiger partial charge < -0.3 is 15.0 Å². The van der Waals surface area contributed by atoms with E-state index in [1.165, 1.54) is 0 Å². The first-order chi connectivity index (χ1) is 11.2. The highest BCUT2D eigenvalue weighted by Gasteiger charge is 2.20. The van der Waals surface area contributed by atoms with Gasteiger partial charge in [-0.1, -0.05) is 6.07 Å². The number of ether oxygens (including phenoxy) is 1. The molecule has 3 rings (SSSR count). The number of nitrogens with one attached hydrogen (secondary N) is 1. The molecule has 2 aromatic heterocycles. The lowest BCUT2D eigenvalue weighted by Crippen LogP contribution is -2.41. The zero-order valence-corrected chi connectivity index (χ0v) is 13.0. The summed E-state index contributed by atoms with van der Waals surface area (Å²) in [5.74, 6) is 1.12. The summed E-state index contributed by atoms with van der Waals surface area (Å²) in [6, 6.07) is 5.56. The van der Waals surface area contributed by atoms with Gasteiger partial charge in [0.1, 0.15) is 17.3 Å². The van der Waals surface area contributed by atoms with Crippen LogP contribution in [0, 0.1) is 6.92 Å². The molecule has 0 atom stereocenters. The lowest BCUT2D eigenvalue weighted by molar-refractivity contribution is 0.0299. The highest BCUT2D eigenvalue weighted by Crippen LogP contribution is 2.12. The third-order valence-electron chi connectivity index (χ3n) is 3.55. The topological polar surface area (TPSA) is 80.2 Å². The largest absolute Gasteiger partial charge is 0.378 e. The third-order valence-corrected chi connectivity index (χ3v) is 3.55. The number of hydrogen-bond donors (Lipinski definition) is 1. The normalized spacial score (nSPS) is 14.6. The fraction of sp³-hybridized carbons (Fsp3) is 0.375. The third kappa shape index (κ3) is 4.01. The van der Waals surface area contributed by atoms with E-state index in [0.717, 1.165) is 5.56 Å². The van der Waals surface area contributed by atoms with Crippen molar-refractivity contribution in [2.75, 3.05) is 31.6 Å². The molecule has 7 nitrogen and oxygen atoms in total. The fourth-order valence-electron chi connectivity index (χ4n) is 2.39. The van der Waals surface area contributed by atoms with Crippen LogP contribution in [0.5, 0.6) is 0 Å². The van der Waals surface area contributed by atoms with Crippen molar-refractivity contribution in [3.05, 3.63) is 47.7 Å². The zero-order chi connectivity index (χ0) is 16.1. The number of carbonyl (C=O) groups excluding carboxylic acids is 1. The average Bonchev–Trinajstić information content (AvgIpc) is 2.60. The number of aryl methyl sites for hydroxylation is 1. The molecule has 0 saturated carbocycles. The Labute approximate surface area is 134 Å². The van der Waals surface area contributed by atoms with Crippen LogP contribution in [-0.4, -0.2) is 52.1 Å². The van der Waals surface area contributed by atoms with Crippen molar-refractivity contribution in [3.8, 4) is 0 Å². The smallest absolute Gasteiger partial charge is 0.272 e. The van der Waals surface area contributed by atoms with Crippen molar-refractivity contribution in [2.45, 2.75) is 13.5 Å². The number of pyridine rings is 1. The molecule has 2 aromatic rings. The SMILES string of the molecule is Cc1nc(NCc2cccnc2)cc(C(=O)N2CCOCC2)n1. The first-order valence-electron chi connectivity index (χ1n) is 7.58. The van der Waals surface area contributed by atoms with Gasteiger partial charge in [-0.2, -0.15) is 0 Å². The molecule has 1 aliphatic heterocycles. The van der Waals surface area contributed by atoms with Crippen molar-refractivity contribution in [3.63, 3.8) is 0 Å². The molecular formula is C16H19N5O2. The molecule has 0 bridgehead atoms. The Morgan fingerprint density at radius 1 is 1.35 bits per heavy atom. The molecule has 1 amide bonds. The molecule has 0 aromatic carbocycles. The van der Waals surface area contributed by atoms with E-state index < -0.39 is 0 Å². The highest BCUT2D eigenvalue weighted by atomic mass is 16.5. The molecule has 0 spiro atoms. The lowest BCUT2D eigenvalue weighted by atomic mass is 10.2. The first kappa shape index (κ1) is 15.4. The molecule has 1 aliphatic rings. The van der Waals surface area contributed by atoms with Crippen LogP contribution in [0.15, 0.2) is 30.6 Å². The molecule has 0 aliphatic carbocycles. The molecule has 7 heteroatoms. The van der Waals surface area contributed by atoms with Crippen molar-refractivity contribution in [1.29, 1.82) is 0 Å². The Kier molecular flexibility index (Phi) is 4.77. The van der Waals surface area contributed by atoms with E-state index in [1.54, 1.807) is 30.3 Å². The van der Waals surface area contributed by atoms with Crippen molar-refractivity contribution < 1.29 is 9.53 Å². The maximum atomic E-state index is 12.5. The van der Waals surface area contributed by atoms with Crippen LogP contribution in [-0.2, 0) is 11.3 Å². The number of nitrogens with zero attached hydrogens (tertiary/aromatic N) is 4. The van der Waals surface area contributed by atoms with Gasteiger partial charge in [-0.15, -0.1) is 0 Å². The molecule has 3 heterocycles. The monoisotopic (exact) mass is 313 g/mol. The van der Waals surface area contributed by atoms with E-state index in [2.05, 4.69) is 20.3 Å². The summed E-state index contributed by atoms with van der Waals surface area (Å²) in [4.78, 5) is 27.0. The Balaban J connectivity index is 1.72. The Morgan fingerprint density at radius 2 is 2.17 bits per heavy atom. The first-order valence-corrected chi connectivity index (χ1v) is 7.58. The van der Waals surface area contributed by atoms with Gasteiger partial charge in [0.15, 0.2) is 0 Å². The van der Waals surface area contributed by atoms with Gasteiger partial charge in [0.05, 0.1) is 13.2 Å². The van der Waals surface area contributed by atoms with Crippen molar-refractivity contribution >= 4 is 11.7 Å². The van der Waals surface area contributed by atoms with Crippen LogP contribution in [0.2, 0.25) is 0 Å². The van der Waals surface area contributed by atoms with E-state index in [9.17, 15) is 4.79 Å². The predicted molar refractivity (Wildman–Crippen MR) is 85.1 cm³/mol. The van der Waals surface area contributed by atoms with E-state index >= 15 is 0 Å². The van der Waals surface area contributed by atoms with Crippen LogP contribution < -0.4 is 5.32 Å². The van der Waals surface area contributed by atoms with Crippen LogP contribution >= 0.6 is 0 Å². The molecule has 120 valence electrons. The van der Waals surface area contributed by atoms with Gasteiger partial charge in [0.2, 0.25) is 0 Å². The Bertz CT molecular complexity index is 671. The standard InChI is InChI=1S/C16H19N5O2/c1-12-19-14(16(22)21-5-7-23-8-6-21)9-15(20-12)18-11-13-3-2-4-17-10-13/h2-4,9-10H,5-8,11H2,1H3,(H,18,19,20). The number of morpholine rings is 1. The van der Waals surface area contributed by atoms with Gasteiger partial charge in [0, 0.05) is 38.1 Å². The molecular weight excluding hydrogens is 294 g/mol. The van der Waals surface area contributed by atoms with E-state index in [4.69, 9.17) is 4.74 Å². The maximum Gasteiger partial charge on any atom is 0.272 e. The molecule has 23 heavy (non-hydrogen) atoms. The number of carbonyl (C=O) groups is 1. The zero-order valence-electron chi connectivity index (χ0n) is 13.0. The van der Waals surface area contributed by atoms with E-state index in [0.29, 0.717) is 50.2 Å². The summed E-state index contributed by atoms with van der Waals surface area (Å²) < 4.78 is 5.28. The molecule has 0 radical (unpaired) electrons. The van der Waals surface area contributed by atoms with Crippen LogP contribution in [0.25, 0.3) is 0 Å². The molecule has 1 fully saturated rings. The van der Waals surface area contributed by atoms with Gasteiger partial charge in [-0.3, -0.25) is 9.78 Å². The number of anilines is 1. The van der Waals surface area contributed by atoms with Gasteiger partial charge in [-0.25, -0.2) is 9.97 Å². The van der Waals surface area contributed by atoms with Gasteiger partial charge in [-0.05, 0) is 18.6 Å². The maximum absolute atomic E-state index is 12.5. The van der Waals surface area contributed by atoms with Crippen LogP contribution in [0.4, 0.5) is 5.82 Å². The predicted octanol–water partition coefficient (Wildman–Crippen LogP) is 1.26.